The lowest BCUT2D eigenvalue weighted by Gasteiger charge is -2.14. The highest BCUT2D eigenvalue weighted by molar-refractivity contribution is 5.26. The van der Waals surface area contributed by atoms with Crippen LogP contribution in [0, 0.1) is 18.6 Å². The van der Waals surface area contributed by atoms with Crippen molar-refractivity contribution in [1.29, 1.82) is 0 Å². The van der Waals surface area contributed by atoms with Gasteiger partial charge >= 0.3 is 0 Å². The topological polar surface area (TPSA) is 38.9 Å². The molecule has 1 atom stereocenters. The summed E-state index contributed by atoms with van der Waals surface area (Å²) in [6.45, 7) is 1.86. The highest BCUT2D eigenvalue weighted by Gasteiger charge is 2.13. The predicted octanol–water partition coefficient (Wildman–Crippen LogP) is 2.91. The van der Waals surface area contributed by atoms with Gasteiger partial charge in [-0.25, -0.2) is 8.78 Å². The lowest BCUT2D eigenvalue weighted by atomic mass is 9.98. The van der Waals surface area contributed by atoms with Crippen LogP contribution >= 0.6 is 0 Å². The summed E-state index contributed by atoms with van der Waals surface area (Å²) in [7, 11) is 0. The van der Waals surface area contributed by atoms with E-state index >= 15 is 0 Å². The molecule has 2 nitrogen and oxygen atoms in total. The smallest absolute Gasteiger partial charge is 0.129 e. The first-order valence-corrected chi connectivity index (χ1v) is 5.69. The fraction of sp³-hybridized carbons (Fsp3) is 0.214. The molecule has 1 aromatic heterocycles. The Hall–Kier alpha value is -1.81. The first kappa shape index (κ1) is 12.6. The number of aromatic nitrogens is 1. The van der Waals surface area contributed by atoms with Gasteiger partial charge in [0.05, 0.1) is 0 Å². The lowest BCUT2D eigenvalue weighted by molar-refractivity contribution is 0.562. The van der Waals surface area contributed by atoms with Crippen molar-refractivity contribution in [3.63, 3.8) is 0 Å². The zero-order valence-corrected chi connectivity index (χ0v) is 10.0. The molecule has 0 aliphatic heterocycles. The van der Waals surface area contributed by atoms with Crippen LogP contribution in [0.25, 0.3) is 0 Å². The van der Waals surface area contributed by atoms with Crippen molar-refractivity contribution in [3.05, 3.63) is 65.0 Å². The minimum absolute atomic E-state index is 0.318. The highest BCUT2D eigenvalue weighted by Crippen LogP contribution is 2.20. The van der Waals surface area contributed by atoms with E-state index in [0.29, 0.717) is 12.0 Å². The van der Waals surface area contributed by atoms with Gasteiger partial charge < -0.3 is 5.73 Å². The second-order valence-electron chi connectivity index (χ2n) is 4.22. The van der Waals surface area contributed by atoms with Crippen LogP contribution in [0.2, 0.25) is 0 Å². The molecule has 0 fully saturated rings. The Balaban J connectivity index is 2.21. The highest BCUT2D eigenvalue weighted by atomic mass is 19.1. The van der Waals surface area contributed by atoms with E-state index in [1.54, 1.807) is 12.3 Å². The molecule has 0 saturated carbocycles. The number of rotatable bonds is 3. The summed E-state index contributed by atoms with van der Waals surface area (Å²) < 4.78 is 26.3. The number of aryl methyl sites for hydroxylation is 1. The maximum atomic E-state index is 13.5. The van der Waals surface area contributed by atoms with Gasteiger partial charge in [-0.15, -0.1) is 0 Å². The third kappa shape index (κ3) is 2.71. The quantitative estimate of drug-likeness (QED) is 0.907. The maximum Gasteiger partial charge on any atom is 0.129 e. The van der Waals surface area contributed by atoms with Gasteiger partial charge in [0.15, 0.2) is 0 Å². The molecule has 0 radical (unpaired) electrons. The van der Waals surface area contributed by atoms with Gasteiger partial charge in [-0.2, -0.15) is 0 Å². The Labute approximate surface area is 104 Å². The van der Waals surface area contributed by atoms with Crippen LogP contribution in [0.4, 0.5) is 8.78 Å². The van der Waals surface area contributed by atoms with Crippen molar-refractivity contribution in [2.45, 2.75) is 19.4 Å². The number of halogens is 2. The molecule has 0 amide bonds. The Morgan fingerprint density at radius 3 is 2.72 bits per heavy atom. The van der Waals surface area contributed by atoms with Gasteiger partial charge in [0.25, 0.3) is 0 Å². The van der Waals surface area contributed by atoms with Crippen LogP contribution in [0.3, 0.4) is 0 Å². The van der Waals surface area contributed by atoms with E-state index in [9.17, 15) is 8.78 Å². The van der Waals surface area contributed by atoms with Gasteiger partial charge in [-0.1, -0.05) is 12.1 Å². The van der Waals surface area contributed by atoms with Gasteiger partial charge in [0, 0.05) is 24.0 Å². The molecule has 2 N–H and O–H groups in total. The molecule has 2 rings (SSSR count). The first-order valence-electron chi connectivity index (χ1n) is 5.69. The van der Waals surface area contributed by atoms with Gasteiger partial charge in [-0.3, -0.25) is 4.98 Å². The van der Waals surface area contributed by atoms with Crippen molar-refractivity contribution in [3.8, 4) is 0 Å². The molecular weight excluding hydrogens is 234 g/mol. The van der Waals surface area contributed by atoms with E-state index in [-0.39, 0.29) is 6.04 Å². The monoisotopic (exact) mass is 248 g/mol. The summed E-state index contributed by atoms with van der Waals surface area (Å²) in [5.41, 5.74) is 8.15. The predicted molar refractivity (Wildman–Crippen MR) is 66.0 cm³/mol. The number of nitrogens with zero attached hydrogens (tertiary/aromatic N) is 1. The average molecular weight is 248 g/mol. The molecule has 0 saturated heterocycles. The zero-order valence-electron chi connectivity index (χ0n) is 10.0. The molecule has 18 heavy (non-hydrogen) atoms. The van der Waals surface area contributed by atoms with E-state index in [1.807, 2.05) is 13.0 Å². The lowest BCUT2D eigenvalue weighted by Crippen LogP contribution is -2.16. The maximum absolute atomic E-state index is 13.5. The van der Waals surface area contributed by atoms with Crippen LogP contribution < -0.4 is 5.73 Å². The average Bonchev–Trinajstić information content (AvgIpc) is 2.33. The van der Waals surface area contributed by atoms with Crippen LogP contribution in [-0.4, -0.2) is 4.98 Å². The molecule has 0 bridgehead atoms. The molecule has 2 aromatic rings. The molecular formula is C14H14F2N2. The van der Waals surface area contributed by atoms with E-state index in [4.69, 9.17) is 5.73 Å². The number of nitrogens with two attached hydrogens (primary N) is 1. The third-order valence-corrected chi connectivity index (χ3v) is 2.90. The summed E-state index contributed by atoms with van der Waals surface area (Å²) in [4.78, 5) is 4.14. The van der Waals surface area contributed by atoms with Crippen molar-refractivity contribution < 1.29 is 8.78 Å². The van der Waals surface area contributed by atoms with Crippen LogP contribution in [0.1, 0.15) is 22.9 Å². The summed E-state index contributed by atoms with van der Waals surface area (Å²) >= 11 is 0. The Bertz CT molecular complexity index is 555. The van der Waals surface area contributed by atoms with E-state index in [0.717, 1.165) is 17.3 Å². The molecule has 0 spiro atoms. The summed E-state index contributed by atoms with van der Waals surface area (Å²) in [5, 5.41) is 0. The van der Waals surface area contributed by atoms with Gasteiger partial charge in [0.1, 0.15) is 11.6 Å². The molecule has 0 aliphatic carbocycles. The van der Waals surface area contributed by atoms with Crippen LogP contribution in [0.15, 0.2) is 36.5 Å². The standard InChI is InChI=1S/C14H14F2N2/c1-9-12(3-2-6-18-9)14(17)7-10-4-5-11(15)8-13(10)16/h2-6,8,14H,7,17H2,1H3. The summed E-state index contributed by atoms with van der Waals surface area (Å²) in [6.07, 6.45) is 2.00. The molecule has 4 heteroatoms. The minimum Gasteiger partial charge on any atom is -0.324 e. The fourth-order valence-electron chi connectivity index (χ4n) is 1.92. The fourth-order valence-corrected chi connectivity index (χ4v) is 1.92. The van der Waals surface area contributed by atoms with E-state index < -0.39 is 11.6 Å². The van der Waals surface area contributed by atoms with Crippen LogP contribution in [-0.2, 0) is 6.42 Å². The normalized spacial score (nSPS) is 12.4. The third-order valence-electron chi connectivity index (χ3n) is 2.90. The number of hydrogen-bond donors (Lipinski definition) is 1. The Morgan fingerprint density at radius 1 is 1.28 bits per heavy atom. The van der Waals surface area contributed by atoms with Crippen molar-refractivity contribution in [2.75, 3.05) is 0 Å². The number of benzene rings is 1. The summed E-state index contributed by atoms with van der Waals surface area (Å²) in [6, 6.07) is 6.85. The summed E-state index contributed by atoms with van der Waals surface area (Å²) in [5.74, 6) is -1.14. The number of pyridine rings is 1. The van der Waals surface area contributed by atoms with E-state index in [2.05, 4.69) is 4.98 Å². The molecule has 1 heterocycles. The molecule has 1 aromatic carbocycles. The van der Waals surface area contributed by atoms with Crippen LogP contribution in [0.5, 0.6) is 0 Å². The van der Waals surface area contributed by atoms with Crippen molar-refractivity contribution >= 4 is 0 Å². The minimum atomic E-state index is -0.581. The second-order valence-corrected chi connectivity index (χ2v) is 4.22. The SMILES string of the molecule is Cc1ncccc1C(N)Cc1ccc(F)cc1F. The van der Waals surface area contributed by atoms with Crippen molar-refractivity contribution in [2.24, 2.45) is 5.73 Å². The van der Waals surface area contributed by atoms with Gasteiger partial charge in [-0.05, 0) is 36.6 Å². The molecule has 1 unspecified atom stereocenters. The Kier molecular flexibility index (Phi) is 3.67. The van der Waals surface area contributed by atoms with Crippen molar-refractivity contribution in [1.82, 2.24) is 4.98 Å². The van der Waals surface area contributed by atoms with E-state index in [1.165, 1.54) is 12.1 Å². The number of hydrogen-bond acceptors (Lipinski definition) is 2. The molecule has 94 valence electrons. The first-order chi connectivity index (χ1) is 8.58. The Morgan fingerprint density at radius 2 is 2.06 bits per heavy atom. The van der Waals surface area contributed by atoms with Gasteiger partial charge in [0.2, 0.25) is 0 Å². The molecule has 0 aliphatic rings. The second kappa shape index (κ2) is 5.23. The zero-order chi connectivity index (χ0) is 13.1. The largest absolute Gasteiger partial charge is 0.324 e.